The number of hydrogen-bond donors (Lipinski definition) is 0. The Kier molecular flexibility index (Phi) is 2.37. The minimum absolute atomic E-state index is 0.0717. The molecule has 0 amide bonds. The molecule has 83 valence electrons. The average Bonchev–Trinajstić information content (AvgIpc) is 2.69. The molecule has 0 atom stereocenters. The molecule has 2 aromatic rings. The van der Waals surface area contributed by atoms with Crippen LogP contribution in [0.5, 0.6) is 0 Å². The van der Waals surface area contributed by atoms with Gasteiger partial charge in [-0.2, -0.15) is 13.2 Å². The first-order valence-corrected chi connectivity index (χ1v) is 4.14. The van der Waals surface area contributed by atoms with E-state index in [2.05, 4.69) is 16.5 Å². The Morgan fingerprint density at radius 3 is 2.56 bits per heavy atom. The second kappa shape index (κ2) is 3.58. The zero-order chi connectivity index (χ0) is 11.8. The largest absolute Gasteiger partial charge is 0.419 e. The second-order valence-electron chi connectivity index (χ2n) is 2.95. The van der Waals surface area contributed by atoms with Crippen molar-refractivity contribution in [3.63, 3.8) is 0 Å². The Bertz CT molecular complexity index is 490. The number of rotatable bonds is 1. The number of aromatic nitrogens is 3. The Hall–Kier alpha value is -1.92. The van der Waals surface area contributed by atoms with Gasteiger partial charge in [0.25, 0.3) is 0 Å². The average molecular weight is 230 g/mol. The molecule has 0 unspecified atom stereocenters. The van der Waals surface area contributed by atoms with Crippen molar-refractivity contribution in [3.8, 4) is 5.69 Å². The lowest BCUT2D eigenvalue weighted by atomic mass is 10.2. The summed E-state index contributed by atoms with van der Waals surface area (Å²) in [6, 6.07) is 2.57. The predicted molar refractivity (Wildman–Crippen MR) is 45.2 cm³/mol. The minimum Gasteiger partial charge on any atom is -0.220 e. The summed E-state index contributed by atoms with van der Waals surface area (Å²) in [7, 11) is 0. The summed E-state index contributed by atoms with van der Waals surface area (Å²) in [5, 5.41) is 6.79. The maximum absolute atomic E-state index is 12.9. The van der Waals surface area contributed by atoms with Crippen LogP contribution in [0, 0.1) is 12.0 Å². The summed E-state index contributed by atoms with van der Waals surface area (Å²) in [6.07, 6.45) is -1.16. The molecule has 0 aliphatic carbocycles. The van der Waals surface area contributed by atoms with Gasteiger partial charge in [0.15, 0.2) is 0 Å². The number of nitrogens with zero attached hydrogens (tertiary/aromatic N) is 3. The highest BCUT2D eigenvalue weighted by Gasteiger charge is 2.34. The van der Waals surface area contributed by atoms with Gasteiger partial charge >= 0.3 is 6.18 Å². The van der Waals surface area contributed by atoms with Crippen molar-refractivity contribution in [2.75, 3.05) is 0 Å². The third kappa shape index (κ3) is 1.88. The molecule has 0 aliphatic rings. The van der Waals surface area contributed by atoms with Crippen LogP contribution in [0.2, 0.25) is 0 Å². The quantitative estimate of drug-likeness (QED) is 0.703. The maximum Gasteiger partial charge on any atom is 0.419 e. The van der Waals surface area contributed by atoms with Crippen LogP contribution in [0.25, 0.3) is 5.69 Å². The molecule has 0 saturated heterocycles. The summed E-state index contributed by atoms with van der Waals surface area (Å²) >= 11 is 0. The Balaban J connectivity index is 2.52. The van der Waals surface area contributed by atoms with Gasteiger partial charge in [-0.05, 0) is 18.2 Å². The van der Waals surface area contributed by atoms with E-state index in [1.807, 2.05) is 0 Å². The van der Waals surface area contributed by atoms with E-state index in [-0.39, 0.29) is 5.69 Å². The third-order valence-corrected chi connectivity index (χ3v) is 1.90. The Morgan fingerprint density at radius 1 is 1.25 bits per heavy atom. The molecule has 2 rings (SSSR count). The highest BCUT2D eigenvalue weighted by Crippen LogP contribution is 2.32. The second-order valence-corrected chi connectivity index (χ2v) is 2.95. The first-order chi connectivity index (χ1) is 7.48. The van der Waals surface area contributed by atoms with E-state index in [9.17, 15) is 17.6 Å². The van der Waals surface area contributed by atoms with Crippen LogP contribution in [0.1, 0.15) is 5.56 Å². The Labute approximate surface area is 87.3 Å². The molecule has 0 bridgehead atoms. The van der Waals surface area contributed by atoms with Gasteiger partial charge in [0, 0.05) is 0 Å². The van der Waals surface area contributed by atoms with Crippen LogP contribution in [0.4, 0.5) is 17.6 Å². The van der Waals surface area contributed by atoms with Crippen LogP contribution >= 0.6 is 0 Å². The van der Waals surface area contributed by atoms with Gasteiger partial charge in [0.1, 0.15) is 12.0 Å². The summed E-state index contributed by atoms with van der Waals surface area (Å²) in [6.45, 7) is 0. The first kappa shape index (κ1) is 10.6. The van der Waals surface area contributed by atoms with Crippen molar-refractivity contribution in [1.82, 2.24) is 15.0 Å². The summed E-state index contributed by atoms with van der Waals surface area (Å²) in [5.41, 5.74) is -1.26. The van der Waals surface area contributed by atoms with Crippen LogP contribution in [-0.2, 0) is 6.18 Å². The fourth-order valence-electron chi connectivity index (χ4n) is 1.18. The summed E-state index contributed by atoms with van der Waals surface area (Å²) in [5.74, 6) is -1.32. The topological polar surface area (TPSA) is 30.7 Å². The van der Waals surface area contributed by atoms with E-state index in [0.29, 0.717) is 6.07 Å². The molecule has 0 spiro atoms. The number of hydrogen-bond acceptors (Lipinski definition) is 2. The van der Waals surface area contributed by atoms with Gasteiger partial charge in [0.2, 0.25) is 0 Å². The highest BCUT2D eigenvalue weighted by atomic mass is 19.4. The zero-order valence-corrected chi connectivity index (χ0v) is 7.66. The smallest absolute Gasteiger partial charge is 0.220 e. The number of halogens is 4. The fourth-order valence-corrected chi connectivity index (χ4v) is 1.18. The molecule has 1 aromatic heterocycles. The fraction of sp³-hybridized carbons (Fsp3) is 0.111. The normalized spacial score (nSPS) is 11.8. The molecule has 0 aliphatic heterocycles. The Morgan fingerprint density at radius 2 is 2.00 bits per heavy atom. The maximum atomic E-state index is 12.9. The summed E-state index contributed by atoms with van der Waals surface area (Å²) < 4.78 is 51.1. The highest BCUT2D eigenvalue weighted by molar-refractivity contribution is 5.36. The molecule has 0 saturated carbocycles. The standard InChI is InChI=1S/C9H4F4N3/c10-8-2-1-6(16-4-3-14-15-16)5-7(8)9(11,12)13/h1-2,4-5H. The van der Waals surface area contributed by atoms with Gasteiger partial charge in [-0.15, -0.1) is 5.10 Å². The molecule has 16 heavy (non-hydrogen) atoms. The molecule has 7 heteroatoms. The van der Waals surface area contributed by atoms with Gasteiger partial charge < -0.3 is 0 Å². The van der Waals surface area contributed by atoms with Crippen LogP contribution in [0.3, 0.4) is 0 Å². The van der Waals surface area contributed by atoms with E-state index < -0.39 is 17.6 Å². The molecular weight excluding hydrogens is 226 g/mol. The van der Waals surface area contributed by atoms with Crippen LogP contribution < -0.4 is 0 Å². The van der Waals surface area contributed by atoms with Crippen molar-refractivity contribution in [2.24, 2.45) is 0 Å². The van der Waals surface area contributed by atoms with Crippen molar-refractivity contribution < 1.29 is 17.6 Å². The van der Waals surface area contributed by atoms with Crippen molar-refractivity contribution >= 4 is 0 Å². The third-order valence-electron chi connectivity index (χ3n) is 1.90. The van der Waals surface area contributed by atoms with Gasteiger partial charge in [-0.25, -0.2) is 9.07 Å². The lowest BCUT2D eigenvalue weighted by Gasteiger charge is -2.09. The molecule has 3 nitrogen and oxygen atoms in total. The zero-order valence-electron chi connectivity index (χ0n) is 7.66. The van der Waals surface area contributed by atoms with E-state index in [0.717, 1.165) is 10.7 Å². The van der Waals surface area contributed by atoms with Crippen molar-refractivity contribution in [3.05, 3.63) is 42.0 Å². The van der Waals surface area contributed by atoms with Gasteiger partial charge in [-0.3, -0.25) is 0 Å². The van der Waals surface area contributed by atoms with Crippen LogP contribution in [0.15, 0.2) is 24.4 Å². The predicted octanol–water partition coefficient (Wildman–Crippen LogP) is 2.23. The molecule has 1 heterocycles. The first-order valence-electron chi connectivity index (χ1n) is 4.14. The SMILES string of the molecule is Fc1ccc(-n2c[c]nn2)cc1C(F)(F)F. The number of benzene rings is 1. The number of alkyl halides is 3. The van der Waals surface area contributed by atoms with E-state index >= 15 is 0 Å². The minimum atomic E-state index is -4.73. The van der Waals surface area contributed by atoms with Gasteiger partial charge in [0.05, 0.1) is 17.4 Å². The van der Waals surface area contributed by atoms with Crippen LogP contribution in [-0.4, -0.2) is 15.0 Å². The molecule has 0 N–H and O–H groups in total. The molecule has 0 fully saturated rings. The molecule has 1 radical (unpaired) electrons. The molecular formula is C9H4F4N3. The summed E-state index contributed by atoms with van der Waals surface area (Å²) in [4.78, 5) is 0. The van der Waals surface area contributed by atoms with E-state index in [1.54, 1.807) is 0 Å². The monoisotopic (exact) mass is 230 g/mol. The van der Waals surface area contributed by atoms with E-state index in [1.165, 1.54) is 12.3 Å². The van der Waals surface area contributed by atoms with Gasteiger partial charge in [-0.1, -0.05) is 5.21 Å². The lowest BCUT2D eigenvalue weighted by Crippen LogP contribution is -2.09. The van der Waals surface area contributed by atoms with Crippen molar-refractivity contribution in [1.29, 1.82) is 0 Å². The lowest BCUT2D eigenvalue weighted by molar-refractivity contribution is -0.140. The molecule has 1 aromatic carbocycles. The van der Waals surface area contributed by atoms with Crippen molar-refractivity contribution in [2.45, 2.75) is 6.18 Å². The van der Waals surface area contributed by atoms with E-state index in [4.69, 9.17) is 0 Å².